The molecule has 140 valence electrons. The van der Waals surface area contributed by atoms with Crippen LogP contribution in [0.1, 0.15) is 5.56 Å². The Morgan fingerprint density at radius 3 is 2.12 bits per heavy atom. The summed E-state index contributed by atoms with van der Waals surface area (Å²) in [6.45, 7) is -0.971. The van der Waals surface area contributed by atoms with Gasteiger partial charge in [0.25, 0.3) is 0 Å². The smallest absolute Gasteiger partial charge is 0.306 e. The first kappa shape index (κ1) is 19.5. The Morgan fingerprint density at radius 1 is 1.00 bits per heavy atom. The van der Waals surface area contributed by atoms with Crippen molar-refractivity contribution < 1.29 is 43.9 Å². The lowest BCUT2D eigenvalue weighted by Crippen LogP contribution is -2.60. The van der Waals surface area contributed by atoms with E-state index in [1.165, 1.54) is 12.1 Å². The Morgan fingerprint density at radius 2 is 1.56 bits per heavy atom. The quantitative estimate of drug-likeness (QED) is 0.727. The van der Waals surface area contributed by atoms with Gasteiger partial charge in [0.15, 0.2) is 9.84 Å². The van der Waals surface area contributed by atoms with Crippen molar-refractivity contribution in [3.05, 3.63) is 29.8 Å². The highest BCUT2D eigenvalue weighted by molar-refractivity contribution is 7.90. The van der Waals surface area contributed by atoms with Crippen LogP contribution in [0.25, 0.3) is 0 Å². The van der Waals surface area contributed by atoms with Crippen LogP contribution in [0.5, 0.6) is 0 Å². The summed E-state index contributed by atoms with van der Waals surface area (Å²) in [6.07, 6.45) is -6.66. The second-order valence-corrected chi connectivity index (χ2v) is 7.51. The number of carbonyl (C=O) groups excluding carboxylic acids is 1. The van der Waals surface area contributed by atoms with Crippen LogP contribution >= 0.6 is 0 Å². The van der Waals surface area contributed by atoms with Gasteiger partial charge in [-0.25, -0.2) is 8.42 Å². The fourth-order valence-electron chi connectivity index (χ4n) is 2.25. The number of hydrogen-bond donors (Lipinski definition) is 0. The first-order valence-corrected chi connectivity index (χ1v) is 8.45. The molecule has 0 spiro atoms. The predicted octanol–water partition coefficient (Wildman–Crippen LogP) is 2.78. The zero-order chi connectivity index (χ0) is 19.3. The number of anilines is 1. The molecule has 0 aromatic heterocycles. The van der Waals surface area contributed by atoms with Crippen molar-refractivity contribution in [1.29, 1.82) is 0 Å². The van der Waals surface area contributed by atoms with Gasteiger partial charge in [-0.2, -0.15) is 30.7 Å². The number of rotatable bonds is 2. The normalized spacial score (nSPS) is 18.4. The van der Waals surface area contributed by atoms with Crippen LogP contribution in [-0.2, 0) is 20.4 Å². The minimum Gasteiger partial charge on any atom is -0.306 e. The predicted molar refractivity (Wildman–Crippen MR) is 72.2 cm³/mol. The topological polar surface area (TPSA) is 54.5 Å². The summed E-state index contributed by atoms with van der Waals surface area (Å²) in [7, 11) is -3.86. The maximum Gasteiger partial charge on any atom is 0.460 e. The van der Waals surface area contributed by atoms with Crippen LogP contribution in [0.15, 0.2) is 24.3 Å². The van der Waals surface area contributed by atoms with Gasteiger partial charge in [0.1, 0.15) is 0 Å². The number of sulfone groups is 1. The minimum atomic E-state index is -6.66. The van der Waals surface area contributed by atoms with E-state index in [-0.39, 0.29) is 10.5 Å². The molecule has 0 aliphatic carbocycles. The van der Waals surface area contributed by atoms with Crippen molar-refractivity contribution in [3.8, 4) is 0 Å². The molecule has 25 heavy (non-hydrogen) atoms. The maximum atomic E-state index is 13.7. The molecule has 0 radical (unpaired) electrons. The molecule has 0 bridgehead atoms. The van der Waals surface area contributed by atoms with Gasteiger partial charge in [-0.15, -0.1) is 0 Å². The standard InChI is InChI=1S/C13H10F7NO3S/c14-11(15,12(16,17)13(18,19)20)10(22)21-5-6-25(23,24)7-8-3-1-2-4-9(8)21/h1-4H,5-7H2. The molecule has 1 aliphatic heterocycles. The van der Waals surface area contributed by atoms with Crippen LogP contribution < -0.4 is 4.90 Å². The van der Waals surface area contributed by atoms with Crippen LogP contribution in [0.2, 0.25) is 0 Å². The first-order chi connectivity index (χ1) is 11.2. The molecule has 2 rings (SSSR count). The van der Waals surface area contributed by atoms with Gasteiger partial charge >= 0.3 is 23.9 Å². The van der Waals surface area contributed by atoms with Crippen molar-refractivity contribution in [2.45, 2.75) is 23.8 Å². The van der Waals surface area contributed by atoms with E-state index in [2.05, 4.69) is 0 Å². The summed E-state index contributed by atoms with van der Waals surface area (Å²) in [5.74, 6) is -17.1. The van der Waals surface area contributed by atoms with Gasteiger partial charge in [-0.05, 0) is 11.6 Å². The van der Waals surface area contributed by atoms with E-state index in [0.29, 0.717) is 0 Å². The number of nitrogens with zero attached hydrogens (tertiary/aromatic N) is 1. The van der Waals surface area contributed by atoms with Crippen molar-refractivity contribution >= 4 is 21.4 Å². The average Bonchev–Trinajstić information content (AvgIpc) is 2.59. The number of amides is 1. The molecule has 0 atom stereocenters. The highest BCUT2D eigenvalue weighted by Crippen LogP contribution is 2.47. The molecule has 0 fully saturated rings. The largest absolute Gasteiger partial charge is 0.460 e. The Bertz CT molecular complexity index is 789. The van der Waals surface area contributed by atoms with E-state index in [9.17, 15) is 43.9 Å². The highest BCUT2D eigenvalue weighted by atomic mass is 32.2. The summed E-state index contributed by atoms with van der Waals surface area (Å²) in [5.41, 5.74) is -0.606. The summed E-state index contributed by atoms with van der Waals surface area (Å²) in [4.78, 5) is 11.8. The summed E-state index contributed by atoms with van der Waals surface area (Å²) >= 11 is 0. The van der Waals surface area contributed by atoms with E-state index in [1.807, 2.05) is 0 Å². The second-order valence-electron chi connectivity index (χ2n) is 5.32. The molecule has 0 saturated heterocycles. The van der Waals surface area contributed by atoms with Gasteiger partial charge in [0.05, 0.1) is 11.5 Å². The summed E-state index contributed by atoms with van der Waals surface area (Å²) < 4.78 is 114. The molecule has 12 heteroatoms. The van der Waals surface area contributed by atoms with Crippen molar-refractivity contribution in [2.24, 2.45) is 0 Å². The van der Waals surface area contributed by atoms with Crippen molar-refractivity contribution in [1.82, 2.24) is 0 Å². The molecular formula is C13H10F7NO3S. The Balaban J connectivity index is 2.52. The second kappa shape index (κ2) is 5.85. The molecule has 1 aromatic rings. The van der Waals surface area contributed by atoms with Gasteiger partial charge < -0.3 is 4.90 Å². The molecule has 1 amide bonds. The molecular weight excluding hydrogens is 383 g/mol. The first-order valence-electron chi connectivity index (χ1n) is 6.63. The fourth-order valence-corrected chi connectivity index (χ4v) is 3.57. The monoisotopic (exact) mass is 393 g/mol. The number of benzene rings is 1. The van der Waals surface area contributed by atoms with E-state index in [0.717, 1.165) is 12.1 Å². The maximum absolute atomic E-state index is 13.7. The highest BCUT2D eigenvalue weighted by Gasteiger charge is 2.77. The van der Waals surface area contributed by atoms with Crippen LogP contribution in [0, 0.1) is 0 Å². The zero-order valence-electron chi connectivity index (χ0n) is 12.2. The third-order valence-corrected chi connectivity index (χ3v) is 5.10. The lowest BCUT2D eigenvalue weighted by atomic mass is 10.1. The van der Waals surface area contributed by atoms with Crippen LogP contribution in [0.4, 0.5) is 36.4 Å². The number of fused-ring (bicyclic) bond motifs is 1. The molecule has 0 N–H and O–H groups in total. The third kappa shape index (κ3) is 3.31. The summed E-state index contributed by atoms with van der Waals surface area (Å²) in [6, 6.07) is 4.66. The van der Waals surface area contributed by atoms with Crippen LogP contribution in [0.3, 0.4) is 0 Å². The van der Waals surface area contributed by atoms with Crippen molar-refractivity contribution in [2.75, 3.05) is 17.2 Å². The molecule has 1 aromatic carbocycles. The SMILES string of the molecule is O=C(N1CCS(=O)(=O)Cc2ccccc21)C(F)(F)C(F)(F)C(F)(F)F. The lowest BCUT2D eigenvalue weighted by molar-refractivity contribution is -0.343. The number of para-hydroxylation sites is 1. The lowest BCUT2D eigenvalue weighted by Gasteiger charge is -2.32. The van der Waals surface area contributed by atoms with Crippen molar-refractivity contribution in [3.63, 3.8) is 0 Å². The minimum absolute atomic E-state index is 0.0421. The fraction of sp³-hybridized carbons (Fsp3) is 0.462. The van der Waals surface area contributed by atoms with E-state index < -0.39 is 57.5 Å². The zero-order valence-corrected chi connectivity index (χ0v) is 13.0. The van der Waals surface area contributed by atoms with E-state index >= 15 is 0 Å². The molecule has 1 heterocycles. The molecule has 1 aliphatic rings. The average molecular weight is 393 g/mol. The number of alkyl halides is 7. The molecule has 4 nitrogen and oxygen atoms in total. The van der Waals surface area contributed by atoms with Gasteiger partial charge in [-0.3, -0.25) is 4.79 Å². The number of halogens is 7. The van der Waals surface area contributed by atoms with E-state index in [1.54, 1.807) is 0 Å². The van der Waals surface area contributed by atoms with Crippen LogP contribution in [-0.4, -0.2) is 44.6 Å². The number of hydrogen-bond acceptors (Lipinski definition) is 3. The van der Waals surface area contributed by atoms with Gasteiger partial charge in [0.2, 0.25) is 0 Å². The summed E-state index contributed by atoms with van der Waals surface area (Å²) in [5, 5.41) is 0. The molecule has 0 saturated carbocycles. The van der Waals surface area contributed by atoms with Gasteiger partial charge in [0, 0.05) is 12.2 Å². The Kier molecular flexibility index (Phi) is 4.56. The third-order valence-electron chi connectivity index (χ3n) is 3.55. The van der Waals surface area contributed by atoms with E-state index in [4.69, 9.17) is 0 Å². The Labute approximate surface area is 137 Å². The van der Waals surface area contributed by atoms with Gasteiger partial charge in [-0.1, -0.05) is 18.2 Å². The Hall–Kier alpha value is -1.85. The molecule has 0 unspecified atom stereocenters. The number of carbonyl (C=O) groups is 1.